The molecule has 0 N–H and O–H groups in total. The van der Waals surface area contributed by atoms with Crippen molar-refractivity contribution in [2.24, 2.45) is 0 Å². The fourth-order valence-electron chi connectivity index (χ4n) is 2.94. The van der Waals surface area contributed by atoms with E-state index in [1.807, 2.05) is 31.2 Å². The van der Waals surface area contributed by atoms with Crippen LogP contribution in [0.3, 0.4) is 0 Å². The van der Waals surface area contributed by atoms with E-state index in [1.54, 1.807) is 16.2 Å². The van der Waals surface area contributed by atoms with Crippen LogP contribution >= 0.6 is 22.9 Å². The van der Waals surface area contributed by atoms with Crippen molar-refractivity contribution in [2.45, 2.75) is 19.9 Å². The number of imidazole rings is 1. The average molecular weight is 362 g/mol. The summed E-state index contributed by atoms with van der Waals surface area (Å²) < 4.78 is 7.24. The smallest absolute Gasteiger partial charge is 0.410 e. The Hall–Kier alpha value is -2.05. The van der Waals surface area contributed by atoms with Crippen molar-refractivity contribution in [2.75, 3.05) is 13.2 Å². The highest BCUT2D eigenvalue weighted by Crippen LogP contribution is 2.31. The highest BCUT2D eigenvalue weighted by Gasteiger charge is 2.26. The summed E-state index contributed by atoms with van der Waals surface area (Å²) in [6, 6.07) is 7.70. The van der Waals surface area contributed by atoms with Gasteiger partial charge >= 0.3 is 6.09 Å². The van der Waals surface area contributed by atoms with Crippen LogP contribution in [0.1, 0.15) is 17.5 Å². The average Bonchev–Trinajstić information content (AvgIpc) is 3.12. The number of carbonyl (C=O) groups excluding carboxylic acids is 1. The summed E-state index contributed by atoms with van der Waals surface area (Å²) in [6.07, 6.45) is 2.63. The zero-order valence-corrected chi connectivity index (χ0v) is 14.7. The maximum atomic E-state index is 11.9. The summed E-state index contributed by atoms with van der Waals surface area (Å²) in [5.41, 5.74) is 3.23. The Morgan fingerprint density at radius 1 is 1.38 bits per heavy atom. The number of nitrogens with zero attached hydrogens (tertiary/aromatic N) is 3. The van der Waals surface area contributed by atoms with Gasteiger partial charge in [0.05, 0.1) is 18.8 Å². The molecule has 0 radical (unpaired) electrons. The molecule has 0 unspecified atom stereocenters. The van der Waals surface area contributed by atoms with Gasteiger partial charge in [-0.1, -0.05) is 35.1 Å². The van der Waals surface area contributed by atoms with Crippen LogP contribution in [0.4, 0.5) is 4.79 Å². The van der Waals surface area contributed by atoms with Crippen LogP contribution in [0.5, 0.6) is 0 Å². The minimum atomic E-state index is -0.240. The molecule has 1 amide bonds. The third-order valence-corrected chi connectivity index (χ3v) is 5.45. The zero-order valence-electron chi connectivity index (χ0n) is 13.2. The number of hydrogen-bond donors (Lipinski definition) is 0. The lowest BCUT2D eigenvalue weighted by molar-refractivity contribution is 0.103. The van der Waals surface area contributed by atoms with E-state index in [0.29, 0.717) is 19.7 Å². The molecular formula is C17H16ClN3O2S. The number of carbonyl (C=O) groups is 1. The fourth-order valence-corrected chi connectivity index (χ4v) is 4.23. The molecule has 0 spiro atoms. The van der Waals surface area contributed by atoms with E-state index < -0.39 is 0 Å². The second-order valence-corrected chi connectivity index (χ2v) is 7.13. The molecule has 5 nitrogen and oxygen atoms in total. The van der Waals surface area contributed by atoms with E-state index in [4.69, 9.17) is 21.3 Å². The molecule has 0 atom stereocenters. The van der Waals surface area contributed by atoms with Gasteiger partial charge in [0.2, 0.25) is 0 Å². The lowest BCUT2D eigenvalue weighted by atomic mass is 10.1. The maximum Gasteiger partial charge on any atom is 0.410 e. The summed E-state index contributed by atoms with van der Waals surface area (Å²) in [5.74, 6) is 0. The first-order valence-corrected chi connectivity index (χ1v) is 9.02. The molecule has 4 rings (SSSR count). The molecule has 3 heterocycles. The van der Waals surface area contributed by atoms with E-state index in [-0.39, 0.29) is 6.09 Å². The molecule has 1 aliphatic heterocycles. The van der Waals surface area contributed by atoms with E-state index in [2.05, 4.69) is 10.6 Å². The van der Waals surface area contributed by atoms with Crippen molar-refractivity contribution in [3.63, 3.8) is 0 Å². The van der Waals surface area contributed by atoms with Gasteiger partial charge in [0.15, 0.2) is 4.96 Å². The Labute approximate surface area is 148 Å². The summed E-state index contributed by atoms with van der Waals surface area (Å²) in [6.45, 7) is 3.50. The van der Waals surface area contributed by atoms with Gasteiger partial charge in [-0.2, -0.15) is 0 Å². The van der Waals surface area contributed by atoms with Crippen LogP contribution in [0.25, 0.3) is 16.2 Å². The summed E-state index contributed by atoms with van der Waals surface area (Å²) in [5, 5.41) is 0.719. The molecule has 124 valence electrons. The van der Waals surface area contributed by atoms with E-state index in [9.17, 15) is 4.79 Å². The molecule has 0 aliphatic carbocycles. The number of benzene rings is 1. The Morgan fingerprint density at radius 2 is 2.17 bits per heavy atom. The molecule has 2 aromatic heterocycles. The molecule has 0 fully saturated rings. The first-order valence-electron chi connectivity index (χ1n) is 7.83. The SMILES string of the molecule is CCOC(=O)N1CCc2c(sc3nc(-c4ccc(Cl)cc4)cn23)C1. The van der Waals surface area contributed by atoms with Crippen molar-refractivity contribution in [1.82, 2.24) is 14.3 Å². The number of hydrogen-bond acceptors (Lipinski definition) is 4. The number of ether oxygens (including phenoxy) is 1. The van der Waals surface area contributed by atoms with Crippen LogP contribution in [-0.2, 0) is 17.7 Å². The summed E-state index contributed by atoms with van der Waals surface area (Å²) in [7, 11) is 0. The quantitative estimate of drug-likeness (QED) is 0.686. The van der Waals surface area contributed by atoms with Gasteiger partial charge in [-0.25, -0.2) is 9.78 Å². The van der Waals surface area contributed by atoms with Gasteiger partial charge in [0, 0.05) is 40.3 Å². The van der Waals surface area contributed by atoms with Crippen molar-refractivity contribution in [3.05, 3.63) is 46.1 Å². The Morgan fingerprint density at radius 3 is 2.92 bits per heavy atom. The number of fused-ring (bicyclic) bond motifs is 3. The van der Waals surface area contributed by atoms with Crippen molar-refractivity contribution < 1.29 is 9.53 Å². The molecule has 0 saturated carbocycles. The van der Waals surface area contributed by atoms with Crippen LogP contribution < -0.4 is 0 Å². The third kappa shape index (κ3) is 2.65. The van der Waals surface area contributed by atoms with Crippen molar-refractivity contribution in [3.8, 4) is 11.3 Å². The lowest BCUT2D eigenvalue weighted by Gasteiger charge is -2.25. The Kier molecular flexibility index (Phi) is 3.94. The molecule has 1 aliphatic rings. The van der Waals surface area contributed by atoms with Crippen molar-refractivity contribution in [1.29, 1.82) is 0 Å². The standard InChI is InChI=1S/C17H16ClN3O2S/c1-2-23-17(22)20-8-7-14-15(10-20)24-16-19-13(9-21(14)16)11-3-5-12(18)6-4-11/h3-6,9H,2,7-8,10H2,1H3. The zero-order chi connectivity index (χ0) is 16.7. The van der Waals surface area contributed by atoms with Crippen LogP contribution in [0.2, 0.25) is 5.02 Å². The molecule has 1 aromatic carbocycles. The van der Waals surface area contributed by atoms with Gasteiger partial charge in [0.1, 0.15) is 0 Å². The van der Waals surface area contributed by atoms with Crippen LogP contribution in [0.15, 0.2) is 30.5 Å². The topological polar surface area (TPSA) is 46.8 Å². The predicted molar refractivity (Wildman–Crippen MR) is 94.7 cm³/mol. The van der Waals surface area contributed by atoms with Gasteiger partial charge in [0.25, 0.3) is 0 Å². The lowest BCUT2D eigenvalue weighted by Crippen LogP contribution is -2.36. The number of halogens is 1. The predicted octanol–water partition coefficient (Wildman–Crippen LogP) is 4.23. The summed E-state index contributed by atoms with van der Waals surface area (Å²) >= 11 is 7.58. The molecule has 7 heteroatoms. The number of thiazole rings is 1. The van der Waals surface area contributed by atoms with E-state index >= 15 is 0 Å². The molecule has 24 heavy (non-hydrogen) atoms. The number of amides is 1. The van der Waals surface area contributed by atoms with Gasteiger partial charge in [-0.15, -0.1) is 0 Å². The van der Waals surface area contributed by atoms with Crippen molar-refractivity contribution >= 4 is 34.0 Å². The second kappa shape index (κ2) is 6.11. The Balaban J connectivity index is 1.64. The minimum absolute atomic E-state index is 0.240. The summed E-state index contributed by atoms with van der Waals surface area (Å²) in [4.78, 5) is 20.5. The van der Waals surface area contributed by atoms with Gasteiger partial charge < -0.3 is 9.64 Å². The molecule has 0 saturated heterocycles. The van der Waals surface area contributed by atoms with Gasteiger partial charge in [-0.05, 0) is 19.1 Å². The van der Waals surface area contributed by atoms with Crippen LogP contribution in [0, 0.1) is 0 Å². The number of aromatic nitrogens is 2. The molecule has 3 aromatic rings. The first kappa shape index (κ1) is 15.5. The second-order valence-electron chi connectivity index (χ2n) is 5.63. The highest BCUT2D eigenvalue weighted by molar-refractivity contribution is 7.17. The van der Waals surface area contributed by atoms with E-state index in [0.717, 1.165) is 27.7 Å². The minimum Gasteiger partial charge on any atom is -0.450 e. The van der Waals surface area contributed by atoms with E-state index in [1.165, 1.54) is 10.6 Å². The fraction of sp³-hybridized carbons (Fsp3) is 0.294. The Bertz CT molecular complexity index is 901. The third-order valence-electron chi connectivity index (χ3n) is 4.12. The largest absolute Gasteiger partial charge is 0.450 e. The first-order chi connectivity index (χ1) is 11.7. The number of rotatable bonds is 2. The highest BCUT2D eigenvalue weighted by atomic mass is 35.5. The monoisotopic (exact) mass is 361 g/mol. The normalized spacial score (nSPS) is 14.0. The van der Waals surface area contributed by atoms with Gasteiger partial charge in [-0.3, -0.25) is 4.40 Å². The molecule has 0 bridgehead atoms. The maximum absolute atomic E-state index is 11.9. The molecular weight excluding hydrogens is 346 g/mol. The van der Waals surface area contributed by atoms with Crippen LogP contribution in [-0.4, -0.2) is 33.5 Å².